The number of rotatable bonds is 4. The van der Waals surface area contributed by atoms with Crippen LogP contribution in [-0.2, 0) is 18.6 Å². The topological polar surface area (TPSA) is 34.9 Å². The molecule has 0 spiro atoms. The number of benzene rings is 1. The molecule has 1 aromatic heterocycles. The van der Waals surface area contributed by atoms with Gasteiger partial charge in [0, 0.05) is 23.1 Å². The van der Waals surface area contributed by atoms with E-state index in [9.17, 15) is 4.79 Å². The van der Waals surface area contributed by atoms with Crippen LogP contribution in [0.1, 0.15) is 55.0 Å². The molecule has 0 N–H and O–H groups in total. The Morgan fingerprint density at radius 1 is 1.09 bits per heavy atom. The van der Waals surface area contributed by atoms with Gasteiger partial charge in [0.25, 0.3) is 0 Å². The monoisotopic (exact) mass is 326 g/mol. The summed E-state index contributed by atoms with van der Waals surface area (Å²) in [4.78, 5) is 17.1. The molecule has 2 aliphatic carbocycles. The van der Waals surface area contributed by atoms with Crippen LogP contribution < -0.4 is 5.69 Å². The number of nitrogens with zero attached hydrogens (tertiary/aromatic N) is 2. The van der Waals surface area contributed by atoms with Crippen LogP contribution in [0.3, 0.4) is 0 Å². The summed E-state index contributed by atoms with van der Waals surface area (Å²) in [6, 6.07) is 10.8. The van der Waals surface area contributed by atoms with Crippen molar-refractivity contribution >= 4 is 11.8 Å². The Bertz CT molecular complexity index is 748. The first kappa shape index (κ1) is 15.0. The van der Waals surface area contributed by atoms with Gasteiger partial charge in [-0.25, -0.2) is 4.79 Å². The first-order valence-corrected chi connectivity index (χ1v) is 9.62. The molecule has 2 aliphatic rings. The number of fused-ring (bicyclic) bond motifs is 1. The molecule has 0 aliphatic heterocycles. The van der Waals surface area contributed by atoms with Gasteiger partial charge in [0.1, 0.15) is 5.03 Å². The highest BCUT2D eigenvalue weighted by atomic mass is 32.2. The molecule has 0 saturated heterocycles. The second-order valence-electron chi connectivity index (χ2n) is 6.56. The van der Waals surface area contributed by atoms with Gasteiger partial charge in [-0.1, -0.05) is 43.2 Å². The largest absolute Gasteiger partial charge is 0.349 e. The van der Waals surface area contributed by atoms with E-state index in [0.717, 1.165) is 42.9 Å². The average Bonchev–Trinajstić information content (AvgIpc) is 3.25. The van der Waals surface area contributed by atoms with Crippen molar-refractivity contribution in [1.29, 1.82) is 0 Å². The molecule has 1 fully saturated rings. The van der Waals surface area contributed by atoms with Crippen LogP contribution in [0.4, 0.5) is 0 Å². The SMILES string of the molecule is O=c1nc(SCc2ccccc2)c2c(n1C1CCCC1)CCC2. The Morgan fingerprint density at radius 2 is 1.87 bits per heavy atom. The van der Waals surface area contributed by atoms with Gasteiger partial charge in [-0.3, -0.25) is 4.57 Å². The summed E-state index contributed by atoms with van der Waals surface area (Å²) in [5, 5.41) is 0.973. The normalized spacial score (nSPS) is 17.6. The Hall–Kier alpha value is -1.55. The van der Waals surface area contributed by atoms with E-state index in [1.54, 1.807) is 11.8 Å². The van der Waals surface area contributed by atoms with Crippen LogP contribution in [0.15, 0.2) is 40.2 Å². The molecule has 4 rings (SSSR count). The molecular formula is C19H22N2OS. The summed E-state index contributed by atoms with van der Waals surface area (Å²) in [6.45, 7) is 0. The first-order valence-electron chi connectivity index (χ1n) is 8.64. The lowest BCUT2D eigenvalue weighted by molar-refractivity contribution is 0.471. The molecule has 3 nitrogen and oxygen atoms in total. The van der Waals surface area contributed by atoms with Gasteiger partial charge in [0.2, 0.25) is 0 Å². The van der Waals surface area contributed by atoms with E-state index in [2.05, 4.69) is 29.2 Å². The summed E-state index contributed by atoms with van der Waals surface area (Å²) in [7, 11) is 0. The lowest BCUT2D eigenvalue weighted by Crippen LogP contribution is -2.29. The maximum atomic E-state index is 12.6. The van der Waals surface area contributed by atoms with E-state index < -0.39 is 0 Å². The van der Waals surface area contributed by atoms with Crippen molar-refractivity contribution < 1.29 is 0 Å². The Balaban J connectivity index is 1.65. The summed E-state index contributed by atoms with van der Waals surface area (Å²) < 4.78 is 2.04. The highest BCUT2D eigenvalue weighted by Gasteiger charge is 2.27. The van der Waals surface area contributed by atoms with Crippen molar-refractivity contribution in [1.82, 2.24) is 9.55 Å². The summed E-state index contributed by atoms with van der Waals surface area (Å²) in [5.74, 6) is 0.882. The third-order valence-corrected chi connectivity index (χ3v) is 6.14. The molecular weight excluding hydrogens is 304 g/mol. The fourth-order valence-corrected chi connectivity index (χ4v) is 4.96. The van der Waals surface area contributed by atoms with Crippen molar-refractivity contribution in [3.05, 3.63) is 57.6 Å². The Kier molecular flexibility index (Phi) is 4.25. The zero-order valence-corrected chi connectivity index (χ0v) is 14.1. The number of hydrogen-bond acceptors (Lipinski definition) is 3. The number of aromatic nitrogens is 2. The van der Waals surface area contributed by atoms with Gasteiger partial charge in [0.05, 0.1) is 0 Å². The lowest BCUT2D eigenvalue weighted by Gasteiger charge is -2.19. The van der Waals surface area contributed by atoms with Gasteiger partial charge >= 0.3 is 5.69 Å². The van der Waals surface area contributed by atoms with Crippen LogP contribution in [0.5, 0.6) is 0 Å². The third kappa shape index (κ3) is 2.97. The second kappa shape index (κ2) is 6.52. The highest BCUT2D eigenvalue weighted by Crippen LogP contribution is 2.35. The summed E-state index contributed by atoms with van der Waals surface area (Å²) >= 11 is 1.72. The molecule has 1 heterocycles. The Morgan fingerprint density at radius 3 is 2.65 bits per heavy atom. The predicted molar refractivity (Wildman–Crippen MR) is 94.0 cm³/mol. The van der Waals surface area contributed by atoms with E-state index in [1.807, 2.05) is 10.6 Å². The minimum absolute atomic E-state index is 0.0203. The first-order chi connectivity index (χ1) is 11.3. The fraction of sp³-hybridized carbons (Fsp3) is 0.474. The van der Waals surface area contributed by atoms with E-state index in [4.69, 9.17) is 0 Å². The minimum atomic E-state index is -0.0203. The molecule has 1 saturated carbocycles. The van der Waals surface area contributed by atoms with Crippen molar-refractivity contribution in [2.75, 3.05) is 0 Å². The highest BCUT2D eigenvalue weighted by molar-refractivity contribution is 7.98. The van der Waals surface area contributed by atoms with Gasteiger partial charge < -0.3 is 0 Å². The van der Waals surface area contributed by atoms with Crippen LogP contribution in [-0.4, -0.2) is 9.55 Å². The average molecular weight is 326 g/mol. The quantitative estimate of drug-likeness (QED) is 0.625. The van der Waals surface area contributed by atoms with Gasteiger partial charge in [-0.2, -0.15) is 4.98 Å². The zero-order valence-electron chi connectivity index (χ0n) is 13.3. The molecule has 0 unspecified atom stereocenters. The van der Waals surface area contributed by atoms with E-state index in [1.165, 1.54) is 29.7 Å². The van der Waals surface area contributed by atoms with Gasteiger partial charge in [0.15, 0.2) is 0 Å². The van der Waals surface area contributed by atoms with Gasteiger partial charge in [-0.05, 0) is 37.7 Å². The minimum Gasteiger partial charge on any atom is -0.293 e. The van der Waals surface area contributed by atoms with E-state index in [-0.39, 0.29) is 5.69 Å². The molecule has 0 amide bonds. The number of hydrogen-bond donors (Lipinski definition) is 0. The van der Waals surface area contributed by atoms with Crippen LogP contribution in [0.25, 0.3) is 0 Å². The van der Waals surface area contributed by atoms with Crippen LogP contribution >= 0.6 is 11.8 Å². The van der Waals surface area contributed by atoms with Crippen molar-refractivity contribution in [3.63, 3.8) is 0 Å². The predicted octanol–water partition coefficient (Wildman–Crippen LogP) is 4.14. The van der Waals surface area contributed by atoms with Crippen LogP contribution in [0.2, 0.25) is 0 Å². The van der Waals surface area contributed by atoms with Gasteiger partial charge in [-0.15, -0.1) is 11.8 Å². The fourth-order valence-electron chi connectivity index (χ4n) is 3.93. The molecule has 120 valence electrons. The zero-order chi connectivity index (χ0) is 15.6. The van der Waals surface area contributed by atoms with Crippen LogP contribution in [0, 0.1) is 0 Å². The maximum absolute atomic E-state index is 12.6. The molecule has 23 heavy (non-hydrogen) atoms. The maximum Gasteiger partial charge on any atom is 0.349 e. The van der Waals surface area contributed by atoms with E-state index >= 15 is 0 Å². The number of thioether (sulfide) groups is 1. The lowest BCUT2D eigenvalue weighted by atomic mass is 10.2. The summed E-state index contributed by atoms with van der Waals surface area (Å²) in [6.07, 6.45) is 8.06. The molecule has 0 radical (unpaired) electrons. The smallest absolute Gasteiger partial charge is 0.293 e. The third-order valence-electron chi connectivity index (χ3n) is 5.05. The van der Waals surface area contributed by atoms with Crippen molar-refractivity contribution in [2.45, 2.75) is 61.8 Å². The molecule has 2 aromatic rings. The van der Waals surface area contributed by atoms with E-state index in [0.29, 0.717) is 6.04 Å². The standard InChI is InChI=1S/C19H22N2OS/c22-19-20-18(23-13-14-7-2-1-3-8-14)16-11-6-12-17(16)21(19)15-9-4-5-10-15/h1-3,7-8,15H,4-6,9-13H2. The van der Waals surface area contributed by atoms with Crippen molar-refractivity contribution in [3.8, 4) is 0 Å². The second-order valence-corrected chi connectivity index (χ2v) is 7.52. The molecule has 1 aromatic carbocycles. The molecule has 0 atom stereocenters. The molecule has 4 heteroatoms. The molecule has 0 bridgehead atoms. The van der Waals surface area contributed by atoms with Crippen molar-refractivity contribution in [2.24, 2.45) is 0 Å². The summed E-state index contributed by atoms with van der Waals surface area (Å²) in [5.41, 5.74) is 3.89. The Labute approximate surface area is 141 Å².